The van der Waals surface area contributed by atoms with Crippen LogP contribution < -0.4 is 0 Å². The SMILES string of the molecule is O=C(C1CC(=O)N(C2CCCCC2)C1)N1CCC(Cc2cccs2)CC1. The Morgan fingerprint density at radius 2 is 1.88 bits per heavy atom. The zero-order valence-corrected chi connectivity index (χ0v) is 16.4. The van der Waals surface area contributed by atoms with Gasteiger partial charge in [0.05, 0.1) is 5.92 Å². The minimum atomic E-state index is -0.0988. The van der Waals surface area contributed by atoms with Crippen molar-refractivity contribution in [2.75, 3.05) is 19.6 Å². The minimum Gasteiger partial charge on any atom is -0.342 e. The number of carbonyl (C=O) groups excluding carboxylic acids is 2. The maximum atomic E-state index is 12.9. The van der Waals surface area contributed by atoms with Gasteiger partial charge in [0.15, 0.2) is 0 Å². The lowest BCUT2D eigenvalue weighted by Crippen LogP contribution is -2.43. The smallest absolute Gasteiger partial charge is 0.227 e. The van der Waals surface area contributed by atoms with E-state index in [9.17, 15) is 9.59 Å². The Labute approximate surface area is 160 Å². The molecule has 3 heterocycles. The monoisotopic (exact) mass is 374 g/mol. The van der Waals surface area contributed by atoms with Crippen LogP contribution >= 0.6 is 11.3 Å². The molecule has 5 heteroatoms. The molecule has 142 valence electrons. The number of hydrogen-bond acceptors (Lipinski definition) is 3. The van der Waals surface area contributed by atoms with Crippen LogP contribution in [0.5, 0.6) is 0 Å². The topological polar surface area (TPSA) is 40.6 Å². The van der Waals surface area contributed by atoms with Crippen LogP contribution in [0.1, 0.15) is 56.2 Å². The molecule has 2 aliphatic heterocycles. The second kappa shape index (κ2) is 8.12. The van der Waals surface area contributed by atoms with E-state index in [0.717, 1.165) is 45.2 Å². The van der Waals surface area contributed by atoms with E-state index in [0.29, 0.717) is 24.9 Å². The van der Waals surface area contributed by atoms with Crippen molar-refractivity contribution in [3.8, 4) is 0 Å². The largest absolute Gasteiger partial charge is 0.342 e. The molecule has 0 bridgehead atoms. The summed E-state index contributed by atoms with van der Waals surface area (Å²) in [6.07, 6.45) is 9.77. The molecule has 4 nitrogen and oxygen atoms in total. The number of carbonyl (C=O) groups is 2. The van der Waals surface area contributed by atoms with Crippen molar-refractivity contribution in [1.82, 2.24) is 9.80 Å². The second-order valence-electron chi connectivity index (χ2n) is 8.29. The van der Waals surface area contributed by atoms with E-state index in [1.807, 2.05) is 21.1 Å². The van der Waals surface area contributed by atoms with Crippen molar-refractivity contribution in [3.05, 3.63) is 22.4 Å². The van der Waals surface area contributed by atoms with Crippen LogP contribution in [0, 0.1) is 11.8 Å². The van der Waals surface area contributed by atoms with Crippen molar-refractivity contribution >= 4 is 23.2 Å². The molecular weight excluding hydrogens is 344 g/mol. The molecule has 0 aromatic carbocycles. The first-order chi connectivity index (χ1) is 12.7. The van der Waals surface area contributed by atoms with E-state index in [1.54, 1.807) is 0 Å². The van der Waals surface area contributed by atoms with Crippen LogP contribution in [0.3, 0.4) is 0 Å². The number of nitrogens with zero attached hydrogens (tertiary/aromatic N) is 2. The van der Waals surface area contributed by atoms with Crippen molar-refractivity contribution in [2.45, 2.75) is 63.8 Å². The maximum Gasteiger partial charge on any atom is 0.227 e. The molecule has 2 saturated heterocycles. The molecule has 0 radical (unpaired) electrons. The molecule has 1 saturated carbocycles. The molecule has 4 rings (SSSR count). The molecule has 0 N–H and O–H groups in total. The third-order valence-electron chi connectivity index (χ3n) is 6.52. The number of rotatable bonds is 4. The summed E-state index contributed by atoms with van der Waals surface area (Å²) in [5, 5.41) is 2.14. The number of thiophene rings is 1. The van der Waals surface area contributed by atoms with Gasteiger partial charge in [0.2, 0.25) is 11.8 Å². The lowest BCUT2D eigenvalue weighted by Gasteiger charge is -2.34. The summed E-state index contributed by atoms with van der Waals surface area (Å²) in [5.41, 5.74) is 0. The fraction of sp³-hybridized carbons (Fsp3) is 0.714. The number of likely N-dealkylation sites (tertiary alicyclic amines) is 2. The molecule has 0 spiro atoms. The molecule has 1 aliphatic carbocycles. The van der Waals surface area contributed by atoms with Crippen LogP contribution in [-0.4, -0.2) is 47.3 Å². The van der Waals surface area contributed by atoms with Crippen LogP contribution in [-0.2, 0) is 16.0 Å². The van der Waals surface area contributed by atoms with E-state index < -0.39 is 0 Å². The second-order valence-corrected chi connectivity index (χ2v) is 9.32. The van der Waals surface area contributed by atoms with Crippen molar-refractivity contribution in [3.63, 3.8) is 0 Å². The molecular formula is C21H30N2O2S. The van der Waals surface area contributed by atoms with Crippen LogP contribution in [0.25, 0.3) is 0 Å². The molecule has 1 aromatic rings. The highest BCUT2D eigenvalue weighted by Crippen LogP contribution is 2.31. The predicted molar refractivity (Wildman–Crippen MR) is 104 cm³/mol. The van der Waals surface area contributed by atoms with Crippen molar-refractivity contribution < 1.29 is 9.59 Å². The Morgan fingerprint density at radius 1 is 1.12 bits per heavy atom. The Bertz CT molecular complexity index is 616. The van der Waals surface area contributed by atoms with Crippen molar-refractivity contribution in [1.29, 1.82) is 0 Å². The normalized spacial score (nSPS) is 25.8. The molecule has 3 aliphatic rings. The van der Waals surface area contributed by atoms with E-state index in [-0.39, 0.29) is 17.7 Å². The summed E-state index contributed by atoms with van der Waals surface area (Å²) in [6, 6.07) is 4.73. The highest BCUT2D eigenvalue weighted by Gasteiger charge is 2.40. The van der Waals surface area contributed by atoms with Gasteiger partial charge in [-0.05, 0) is 49.5 Å². The first-order valence-electron chi connectivity index (χ1n) is 10.3. The van der Waals surface area contributed by atoms with Crippen LogP contribution in [0.2, 0.25) is 0 Å². The van der Waals surface area contributed by atoms with Gasteiger partial charge in [-0.2, -0.15) is 0 Å². The maximum absolute atomic E-state index is 12.9. The van der Waals surface area contributed by atoms with E-state index >= 15 is 0 Å². The highest BCUT2D eigenvalue weighted by molar-refractivity contribution is 7.09. The van der Waals surface area contributed by atoms with Crippen molar-refractivity contribution in [2.24, 2.45) is 11.8 Å². The highest BCUT2D eigenvalue weighted by atomic mass is 32.1. The molecule has 3 fully saturated rings. The number of amides is 2. The van der Waals surface area contributed by atoms with Crippen LogP contribution in [0.4, 0.5) is 0 Å². The van der Waals surface area contributed by atoms with Gasteiger partial charge in [0.25, 0.3) is 0 Å². The zero-order valence-electron chi connectivity index (χ0n) is 15.6. The molecule has 1 unspecified atom stereocenters. The summed E-state index contributed by atoms with van der Waals surface area (Å²) in [4.78, 5) is 30.9. The average molecular weight is 375 g/mol. The summed E-state index contributed by atoms with van der Waals surface area (Å²) >= 11 is 1.83. The quantitative estimate of drug-likeness (QED) is 0.806. The molecule has 1 aromatic heterocycles. The predicted octanol–water partition coefficient (Wildman–Crippen LogP) is 3.71. The van der Waals surface area contributed by atoms with Gasteiger partial charge in [0, 0.05) is 37.0 Å². The summed E-state index contributed by atoms with van der Waals surface area (Å²) in [5.74, 6) is 1.04. The van der Waals surface area contributed by atoms with Gasteiger partial charge in [-0.3, -0.25) is 9.59 Å². The van der Waals surface area contributed by atoms with Gasteiger partial charge in [-0.25, -0.2) is 0 Å². The fourth-order valence-corrected chi connectivity index (χ4v) is 5.79. The fourth-order valence-electron chi connectivity index (χ4n) is 4.97. The number of hydrogen-bond donors (Lipinski definition) is 0. The van der Waals surface area contributed by atoms with E-state index in [2.05, 4.69) is 17.5 Å². The average Bonchev–Trinajstić information content (AvgIpc) is 3.32. The Morgan fingerprint density at radius 3 is 2.58 bits per heavy atom. The summed E-state index contributed by atoms with van der Waals surface area (Å²) in [7, 11) is 0. The van der Waals surface area contributed by atoms with E-state index in [4.69, 9.17) is 0 Å². The third-order valence-corrected chi connectivity index (χ3v) is 7.42. The lowest BCUT2D eigenvalue weighted by molar-refractivity contribution is -0.137. The van der Waals surface area contributed by atoms with Crippen LogP contribution in [0.15, 0.2) is 17.5 Å². The molecule has 2 amide bonds. The summed E-state index contributed by atoms with van der Waals surface area (Å²) in [6.45, 7) is 2.39. The zero-order chi connectivity index (χ0) is 17.9. The third kappa shape index (κ3) is 3.98. The first-order valence-corrected chi connectivity index (χ1v) is 11.2. The Hall–Kier alpha value is -1.36. The summed E-state index contributed by atoms with van der Waals surface area (Å²) < 4.78 is 0. The molecule has 1 atom stereocenters. The Kier molecular flexibility index (Phi) is 5.63. The minimum absolute atomic E-state index is 0.0988. The van der Waals surface area contributed by atoms with E-state index in [1.165, 1.54) is 24.1 Å². The first kappa shape index (κ1) is 18.0. The Balaban J connectivity index is 1.28. The lowest BCUT2D eigenvalue weighted by atomic mass is 9.92. The van der Waals surface area contributed by atoms with Gasteiger partial charge >= 0.3 is 0 Å². The number of piperidine rings is 1. The van der Waals surface area contributed by atoms with Gasteiger partial charge in [-0.1, -0.05) is 25.3 Å². The van der Waals surface area contributed by atoms with Gasteiger partial charge < -0.3 is 9.80 Å². The van der Waals surface area contributed by atoms with Gasteiger partial charge in [0.1, 0.15) is 0 Å². The van der Waals surface area contributed by atoms with Gasteiger partial charge in [-0.15, -0.1) is 11.3 Å². The molecule has 26 heavy (non-hydrogen) atoms. The standard InChI is InChI=1S/C21H30N2O2S/c24-20-14-17(15-23(20)18-5-2-1-3-6-18)21(25)22-10-8-16(9-11-22)13-19-7-4-12-26-19/h4,7,12,16-18H,1-3,5-6,8-11,13-15H2.